The lowest BCUT2D eigenvalue weighted by atomic mass is 9.98. The van der Waals surface area contributed by atoms with Gasteiger partial charge in [0.2, 0.25) is 0 Å². The van der Waals surface area contributed by atoms with Crippen molar-refractivity contribution in [1.29, 1.82) is 0 Å². The average Bonchev–Trinajstić information content (AvgIpc) is 3.34. The summed E-state index contributed by atoms with van der Waals surface area (Å²) >= 11 is 1.56. The van der Waals surface area contributed by atoms with Gasteiger partial charge in [0.1, 0.15) is 5.69 Å². The molecule has 0 N–H and O–H groups in total. The minimum absolute atomic E-state index is 0.0452. The Bertz CT molecular complexity index is 846. The van der Waals surface area contributed by atoms with Crippen molar-refractivity contribution in [3.63, 3.8) is 0 Å². The maximum atomic E-state index is 12.8. The van der Waals surface area contributed by atoms with Gasteiger partial charge in [-0.25, -0.2) is 4.98 Å². The van der Waals surface area contributed by atoms with E-state index in [4.69, 9.17) is 0 Å². The topological polar surface area (TPSA) is 63.9 Å². The number of thiazole rings is 1. The molecule has 1 atom stereocenters. The lowest BCUT2D eigenvalue weighted by Crippen LogP contribution is -2.41. The first-order valence-corrected chi connectivity index (χ1v) is 9.77. The maximum absolute atomic E-state index is 12.8. The van der Waals surface area contributed by atoms with E-state index in [9.17, 15) is 4.79 Å². The van der Waals surface area contributed by atoms with Gasteiger partial charge in [-0.1, -0.05) is 35.5 Å². The van der Waals surface area contributed by atoms with Crippen LogP contribution >= 0.6 is 11.3 Å². The first-order valence-electron chi connectivity index (χ1n) is 8.89. The van der Waals surface area contributed by atoms with Gasteiger partial charge in [-0.2, -0.15) is 0 Å². The standard InChI is InChI=1S/C19H21N5OS/c25-19(17-14-26-18(21-17)11-15-5-2-1-3-6-15)23-9-4-7-16(12-23)13-24-10-8-20-22-24/h1-3,5-6,8,10,14,16H,4,7,9,11-13H2. The van der Waals surface area contributed by atoms with E-state index in [1.165, 1.54) is 5.56 Å². The predicted molar refractivity (Wildman–Crippen MR) is 100 cm³/mol. The molecule has 2 aromatic heterocycles. The minimum Gasteiger partial charge on any atom is -0.337 e. The monoisotopic (exact) mass is 367 g/mol. The second kappa shape index (κ2) is 7.78. The average molecular weight is 367 g/mol. The van der Waals surface area contributed by atoms with E-state index in [1.807, 2.05) is 39.4 Å². The van der Waals surface area contributed by atoms with Crippen molar-refractivity contribution in [1.82, 2.24) is 24.9 Å². The van der Waals surface area contributed by atoms with Crippen LogP contribution in [0.1, 0.15) is 33.9 Å². The number of hydrogen-bond acceptors (Lipinski definition) is 5. The number of benzene rings is 1. The second-order valence-electron chi connectivity index (χ2n) is 6.67. The fourth-order valence-corrected chi connectivity index (χ4v) is 4.22. The van der Waals surface area contributed by atoms with Crippen LogP contribution in [0, 0.1) is 5.92 Å². The van der Waals surface area contributed by atoms with Crippen molar-refractivity contribution in [3.05, 3.63) is 64.4 Å². The molecule has 4 rings (SSSR count). The van der Waals surface area contributed by atoms with E-state index in [2.05, 4.69) is 27.4 Å². The SMILES string of the molecule is O=C(c1csc(Cc2ccccc2)n1)N1CCCC(Cn2ccnn2)C1. The van der Waals surface area contributed by atoms with Crippen molar-refractivity contribution >= 4 is 17.2 Å². The Morgan fingerprint density at radius 2 is 2.15 bits per heavy atom. The third-order valence-electron chi connectivity index (χ3n) is 4.69. The zero-order valence-corrected chi connectivity index (χ0v) is 15.3. The number of rotatable bonds is 5. The van der Waals surface area contributed by atoms with Crippen molar-refractivity contribution in [2.24, 2.45) is 5.92 Å². The van der Waals surface area contributed by atoms with Crippen LogP contribution in [-0.4, -0.2) is 43.9 Å². The summed E-state index contributed by atoms with van der Waals surface area (Å²) in [6.45, 7) is 2.36. The first kappa shape index (κ1) is 16.9. The van der Waals surface area contributed by atoms with Gasteiger partial charge in [0.25, 0.3) is 5.91 Å². The number of carbonyl (C=O) groups is 1. The van der Waals surface area contributed by atoms with E-state index in [1.54, 1.807) is 17.5 Å². The Morgan fingerprint density at radius 3 is 2.96 bits per heavy atom. The molecule has 0 bridgehead atoms. The van der Waals surface area contributed by atoms with E-state index >= 15 is 0 Å². The molecular formula is C19H21N5OS. The third kappa shape index (κ3) is 3.99. The summed E-state index contributed by atoms with van der Waals surface area (Å²) in [5, 5.41) is 10.8. The number of aromatic nitrogens is 4. The molecule has 1 aromatic carbocycles. The quantitative estimate of drug-likeness (QED) is 0.696. The molecular weight excluding hydrogens is 346 g/mol. The molecule has 0 aliphatic carbocycles. The highest BCUT2D eigenvalue weighted by molar-refractivity contribution is 7.09. The molecule has 1 aliphatic rings. The highest BCUT2D eigenvalue weighted by Crippen LogP contribution is 2.21. The van der Waals surface area contributed by atoms with Gasteiger partial charge in [-0.05, 0) is 24.3 Å². The van der Waals surface area contributed by atoms with Crippen molar-refractivity contribution in [2.75, 3.05) is 13.1 Å². The molecule has 1 unspecified atom stereocenters. The van der Waals surface area contributed by atoms with Crippen LogP contribution in [0.4, 0.5) is 0 Å². The zero-order chi connectivity index (χ0) is 17.8. The van der Waals surface area contributed by atoms with Gasteiger partial charge in [-0.3, -0.25) is 9.48 Å². The molecule has 7 heteroatoms. The van der Waals surface area contributed by atoms with Gasteiger partial charge < -0.3 is 4.90 Å². The largest absolute Gasteiger partial charge is 0.337 e. The van der Waals surface area contributed by atoms with Gasteiger partial charge >= 0.3 is 0 Å². The molecule has 1 aliphatic heterocycles. The Labute approximate surface area is 156 Å². The number of likely N-dealkylation sites (tertiary alicyclic amines) is 1. The smallest absolute Gasteiger partial charge is 0.273 e. The summed E-state index contributed by atoms with van der Waals surface area (Å²) in [7, 11) is 0. The maximum Gasteiger partial charge on any atom is 0.273 e. The van der Waals surface area contributed by atoms with E-state index in [0.717, 1.165) is 43.9 Å². The lowest BCUT2D eigenvalue weighted by Gasteiger charge is -2.32. The van der Waals surface area contributed by atoms with Crippen LogP contribution in [-0.2, 0) is 13.0 Å². The number of nitrogens with zero attached hydrogens (tertiary/aromatic N) is 5. The minimum atomic E-state index is 0.0452. The molecule has 26 heavy (non-hydrogen) atoms. The second-order valence-corrected chi connectivity index (χ2v) is 7.62. The Morgan fingerprint density at radius 1 is 1.27 bits per heavy atom. The van der Waals surface area contributed by atoms with Crippen LogP contribution in [0.2, 0.25) is 0 Å². The zero-order valence-electron chi connectivity index (χ0n) is 14.5. The van der Waals surface area contributed by atoms with Crippen LogP contribution in [0.5, 0.6) is 0 Å². The molecule has 6 nitrogen and oxygen atoms in total. The molecule has 134 valence electrons. The predicted octanol–water partition coefficient (Wildman–Crippen LogP) is 2.88. The fraction of sp³-hybridized carbons (Fsp3) is 0.368. The summed E-state index contributed by atoms with van der Waals surface area (Å²) in [6.07, 6.45) is 6.46. The molecule has 1 amide bonds. The normalized spacial score (nSPS) is 17.4. The highest BCUT2D eigenvalue weighted by Gasteiger charge is 2.26. The van der Waals surface area contributed by atoms with Crippen molar-refractivity contribution in [3.8, 4) is 0 Å². The van der Waals surface area contributed by atoms with E-state index in [-0.39, 0.29) is 5.91 Å². The van der Waals surface area contributed by atoms with Gasteiger partial charge in [0.15, 0.2) is 0 Å². The summed E-state index contributed by atoms with van der Waals surface area (Å²) in [4.78, 5) is 19.4. The molecule has 0 saturated carbocycles. The van der Waals surface area contributed by atoms with Crippen LogP contribution in [0.25, 0.3) is 0 Å². The van der Waals surface area contributed by atoms with Crippen molar-refractivity contribution < 1.29 is 4.79 Å². The Balaban J connectivity index is 1.39. The summed E-state index contributed by atoms with van der Waals surface area (Å²) in [5.41, 5.74) is 1.79. The number of carbonyl (C=O) groups excluding carboxylic acids is 1. The molecule has 3 heterocycles. The fourth-order valence-electron chi connectivity index (χ4n) is 3.42. The van der Waals surface area contributed by atoms with Gasteiger partial charge in [-0.15, -0.1) is 16.4 Å². The summed E-state index contributed by atoms with van der Waals surface area (Å²) < 4.78 is 1.85. The molecule has 1 saturated heterocycles. The number of amides is 1. The van der Waals surface area contributed by atoms with Crippen LogP contribution < -0.4 is 0 Å². The molecule has 1 fully saturated rings. The highest BCUT2D eigenvalue weighted by atomic mass is 32.1. The van der Waals surface area contributed by atoms with E-state index in [0.29, 0.717) is 11.6 Å². The lowest BCUT2D eigenvalue weighted by molar-refractivity contribution is 0.0654. The summed E-state index contributed by atoms with van der Waals surface area (Å²) in [6, 6.07) is 10.2. The van der Waals surface area contributed by atoms with E-state index < -0.39 is 0 Å². The van der Waals surface area contributed by atoms with Gasteiger partial charge in [0.05, 0.1) is 11.2 Å². The first-order chi connectivity index (χ1) is 12.8. The number of hydrogen-bond donors (Lipinski definition) is 0. The molecule has 3 aromatic rings. The molecule has 0 radical (unpaired) electrons. The summed E-state index contributed by atoms with van der Waals surface area (Å²) in [5.74, 6) is 0.459. The number of piperidine rings is 1. The van der Waals surface area contributed by atoms with Crippen molar-refractivity contribution in [2.45, 2.75) is 25.8 Å². The van der Waals surface area contributed by atoms with Gasteiger partial charge in [0, 0.05) is 37.6 Å². The third-order valence-corrected chi connectivity index (χ3v) is 5.54. The molecule has 0 spiro atoms. The Hall–Kier alpha value is -2.54. The Kier molecular flexibility index (Phi) is 5.06. The van der Waals surface area contributed by atoms with Crippen LogP contribution in [0.3, 0.4) is 0 Å². The van der Waals surface area contributed by atoms with Crippen LogP contribution in [0.15, 0.2) is 48.1 Å².